The minimum Gasteiger partial charge on any atom is -0.449 e. The summed E-state index contributed by atoms with van der Waals surface area (Å²) in [4.78, 5) is 11.0. The summed E-state index contributed by atoms with van der Waals surface area (Å²) in [6.07, 6.45) is 3.33. The third-order valence-electron chi connectivity index (χ3n) is 2.42. The van der Waals surface area contributed by atoms with Gasteiger partial charge in [-0.15, -0.1) is 0 Å². The van der Waals surface area contributed by atoms with E-state index in [1.165, 1.54) is 12.8 Å². The van der Waals surface area contributed by atoms with E-state index >= 15 is 0 Å². The Kier molecular flexibility index (Phi) is 5.37. The largest absolute Gasteiger partial charge is 0.449 e. The second-order valence-electron chi connectivity index (χ2n) is 3.69. The van der Waals surface area contributed by atoms with E-state index < -0.39 is 0 Å². The summed E-state index contributed by atoms with van der Waals surface area (Å²) in [7, 11) is 0. The Bertz CT molecular complexity index is 166. The van der Waals surface area contributed by atoms with Crippen molar-refractivity contribution in [3.63, 3.8) is 0 Å². The molecule has 2 N–H and O–H groups in total. The molecule has 0 aliphatic carbocycles. The highest BCUT2D eigenvalue weighted by Gasteiger charge is 2.13. The van der Waals surface area contributed by atoms with Gasteiger partial charge in [0.05, 0.1) is 6.61 Å². The minimum absolute atomic E-state index is 0.295. The topological polar surface area (TPSA) is 50.4 Å². The van der Waals surface area contributed by atoms with Crippen LogP contribution in [0.5, 0.6) is 0 Å². The standard InChI is InChI=1S/C10H20N2O2/c1-2-12-10(13)14-8-9-5-3-4-6-11-7-9/h9,11H,2-8H2,1H3,(H,12,13). The maximum Gasteiger partial charge on any atom is 0.407 e. The lowest BCUT2D eigenvalue weighted by molar-refractivity contribution is 0.125. The molecule has 0 spiro atoms. The molecule has 4 heteroatoms. The van der Waals surface area contributed by atoms with Gasteiger partial charge in [-0.2, -0.15) is 0 Å². The summed E-state index contributed by atoms with van der Waals surface area (Å²) in [6, 6.07) is 0. The zero-order valence-corrected chi connectivity index (χ0v) is 8.84. The van der Waals surface area contributed by atoms with E-state index in [4.69, 9.17) is 4.74 Å². The first-order chi connectivity index (χ1) is 6.83. The molecule has 1 aliphatic rings. The van der Waals surface area contributed by atoms with Gasteiger partial charge in [0.1, 0.15) is 0 Å². The van der Waals surface area contributed by atoms with Crippen molar-refractivity contribution in [3.8, 4) is 0 Å². The SMILES string of the molecule is CCNC(=O)OCC1CCCCNC1. The maximum atomic E-state index is 11.0. The summed E-state index contributed by atoms with van der Waals surface area (Å²) in [5.74, 6) is 0.486. The zero-order valence-electron chi connectivity index (χ0n) is 8.84. The van der Waals surface area contributed by atoms with E-state index in [1.54, 1.807) is 0 Å². The fraction of sp³-hybridized carbons (Fsp3) is 0.900. The van der Waals surface area contributed by atoms with Crippen molar-refractivity contribution < 1.29 is 9.53 Å². The van der Waals surface area contributed by atoms with Crippen LogP contribution in [0.1, 0.15) is 26.2 Å². The van der Waals surface area contributed by atoms with Gasteiger partial charge in [-0.1, -0.05) is 6.42 Å². The molecular weight excluding hydrogens is 180 g/mol. The van der Waals surface area contributed by atoms with E-state index in [2.05, 4.69) is 10.6 Å². The van der Waals surface area contributed by atoms with Crippen LogP contribution < -0.4 is 10.6 Å². The number of rotatable bonds is 3. The van der Waals surface area contributed by atoms with Crippen molar-refractivity contribution in [1.82, 2.24) is 10.6 Å². The average molecular weight is 200 g/mol. The number of alkyl carbamates (subject to hydrolysis) is 1. The van der Waals surface area contributed by atoms with Crippen molar-refractivity contribution in [2.75, 3.05) is 26.2 Å². The Morgan fingerprint density at radius 3 is 3.21 bits per heavy atom. The summed E-state index contributed by atoms with van der Waals surface area (Å²) < 4.78 is 5.09. The van der Waals surface area contributed by atoms with Gasteiger partial charge in [0.15, 0.2) is 0 Å². The smallest absolute Gasteiger partial charge is 0.407 e. The first-order valence-electron chi connectivity index (χ1n) is 5.44. The fourth-order valence-electron chi connectivity index (χ4n) is 1.62. The fourth-order valence-corrected chi connectivity index (χ4v) is 1.62. The molecule has 0 aromatic carbocycles. The molecule has 0 bridgehead atoms. The molecule has 14 heavy (non-hydrogen) atoms. The predicted molar refractivity (Wildman–Crippen MR) is 55.2 cm³/mol. The molecule has 0 aromatic heterocycles. The highest BCUT2D eigenvalue weighted by atomic mass is 16.5. The van der Waals surface area contributed by atoms with E-state index in [0.29, 0.717) is 19.1 Å². The van der Waals surface area contributed by atoms with Crippen LogP contribution >= 0.6 is 0 Å². The van der Waals surface area contributed by atoms with Crippen LogP contribution in [0.25, 0.3) is 0 Å². The summed E-state index contributed by atoms with van der Waals surface area (Å²) >= 11 is 0. The minimum atomic E-state index is -0.295. The van der Waals surface area contributed by atoms with Gasteiger partial charge < -0.3 is 15.4 Å². The van der Waals surface area contributed by atoms with Crippen LogP contribution in [0, 0.1) is 5.92 Å². The Labute approximate surface area is 85.4 Å². The van der Waals surface area contributed by atoms with Crippen molar-refractivity contribution in [2.45, 2.75) is 26.2 Å². The first-order valence-corrected chi connectivity index (χ1v) is 5.44. The molecule has 1 amide bonds. The van der Waals surface area contributed by atoms with Gasteiger partial charge in [-0.25, -0.2) is 4.79 Å². The lowest BCUT2D eigenvalue weighted by atomic mass is 10.1. The van der Waals surface area contributed by atoms with Crippen LogP contribution in [0.15, 0.2) is 0 Å². The number of carbonyl (C=O) groups excluding carboxylic acids is 1. The lowest BCUT2D eigenvalue weighted by Crippen LogP contribution is -2.29. The van der Waals surface area contributed by atoms with Crippen molar-refractivity contribution in [3.05, 3.63) is 0 Å². The van der Waals surface area contributed by atoms with E-state index in [0.717, 1.165) is 19.5 Å². The van der Waals surface area contributed by atoms with Crippen molar-refractivity contribution in [2.24, 2.45) is 5.92 Å². The molecule has 1 fully saturated rings. The van der Waals surface area contributed by atoms with Gasteiger partial charge >= 0.3 is 6.09 Å². The molecule has 1 unspecified atom stereocenters. The summed E-state index contributed by atoms with van der Waals surface area (Å²) in [6.45, 7) is 5.12. The average Bonchev–Trinajstić information content (AvgIpc) is 2.43. The number of nitrogens with one attached hydrogen (secondary N) is 2. The second-order valence-corrected chi connectivity index (χ2v) is 3.69. The highest BCUT2D eigenvalue weighted by molar-refractivity contribution is 5.66. The molecule has 1 aliphatic heterocycles. The number of carbonyl (C=O) groups is 1. The third-order valence-corrected chi connectivity index (χ3v) is 2.42. The van der Waals surface area contributed by atoms with Gasteiger partial charge in [0, 0.05) is 19.0 Å². The maximum absolute atomic E-state index is 11.0. The second kappa shape index (κ2) is 6.65. The quantitative estimate of drug-likeness (QED) is 0.718. The number of ether oxygens (including phenoxy) is 1. The molecule has 0 radical (unpaired) electrons. The summed E-state index contributed by atoms with van der Waals surface area (Å²) in [5, 5.41) is 5.96. The molecule has 82 valence electrons. The van der Waals surface area contributed by atoms with Gasteiger partial charge in [0.25, 0.3) is 0 Å². The lowest BCUT2D eigenvalue weighted by Gasteiger charge is -2.14. The normalized spacial score (nSPS) is 22.5. The number of hydrogen-bond donors (Lipinski definition) is 2. The molecule has 0 saturated carbocycles. The Balaban J connectivity index is 2.12. The number of amides is 1. The Morgan fingerprint density at radius 1 is 1.57 bits per heavy atom. The molecule has 1 rings (SSSR count). The van der Waals surface area contributed by atoms with Crippen LogP contribution in [-0.4, -0.2) is 32.3 Å². The van der Waals surface area contributed by atoms with Gasteiger partial charge in [-0.05, 0) is 26.3 Å². The molecule has 4 nitrogen and oxygen atoms in total. The van der Waals surface area contributed by atoms with E-state index in [1.807, 2.05) is 6.92 Å². The monoisotopic (exact) mass is 200 g/mol. The molecule has 1 saturated heterocycles. The first kappa shape index (κ1) is 11.3. The van der Waals surface area contributed by atoms with Gasteiger partial charge in [-0.3, -0.25) is 0 Å². The van der Waals surface area contributed by atoms with Crippen LogP contribution in [0.3, 0.4) is 0 Å². The third kappa shape index (κ3) is 4.46. The predicted octanol–water partition coefficient (Wildman–Crippen LogP) is 1.12. The van der Waals surface area contributed by atoms with Gasteiger partial charge in [0.2, 0.25) is 0 Å². The van der Waals surface area contributed by atoms with Crippen molar-refractivity contribution in [1.29, 1.82) is 0 Å². The van der Waals surface area contributed by atoms with E-state index in [9.17, 15) is 4.79 Å². The van der Waals surface area contributed by atoms with E-state index in [-0.39, 0.29) is 6.09 Å². The number of hydrogen-bond acceptors (Lipinski definition) is 3. The molecule has 1 atom stereocenters. The Hall–Kier alpha value is -0.770. The molecule has 0 aromatic rings. The summed E-state index contributed by atoms with van der Waals surface area (Å²) in [5.41, 5.74) is 0. The Morgan fingerprint density at radius 2 is 2.43 bits per heavy atom. The molecule has 1 heterocycles. The van der Waals surface area contributed by atoms with Crippen LogP contribution in [0.4, 0.5) is 4.79 Å². The molecular formula is C10H20N2O2. The van der Waals surface area contributed by atoms with Crippen molar-refractivity contribution >= 4 is 6.09 Å². The van der Waals surface area contributed by atoms with Crippen LogP contribution in [0.2, 0.25) is 0 Å². The highest BCUT2D eigenvalue weighted by Crippen LogP contribution is 2.11. The van der Waals surface area contributed by atoms with Crippen LogP contribution in [-0.2, 0) is 4.74 Å². The zero-order chi connectivity index (χ0) is 10.2.